The summed E-state index contributed by atoms with van der Waals surface area (Å²) in [4.78, 5) is 12.0. The molecule has 0 radical (unpaired) electrons. The van der Waals surface area contributed by atoms with Gasteiger partial charge in [-0.3, -0.25) is 4.79 Å². The SMILES string of the molecule is CCC(CNC)C(=O)c1cc(Cl)ccc1F. The summed E-state index contributed by atoms with van der Waals surface area (Å²) in [5.74, 6) is -0.918. The van der Waals surface area contributed by atoms with E-state index in [9.17, 15) is 9.18 Å². The molecule has 88 valence electrons. The number of hydrogen-bond acceptors (Lipinski definition) is 2. The van der Waals surface area contributed by atoms with Crippen LogP contribution in [0, 0.1) is 11.7 Å². The molecule has 1 aromatic rings. The molecule has 0 amide bonds. The third-order valence-corrected chi connectivity index (χ3v) is 2.74. The Bertz CT molecular complexity index is 381. The Balaban J connectivity index is 2.98. The minimum absolute atomic E-state index is 0.0783. The molecule has 2 nitrogen and oxygen atoms in total. The first-order chi connectivity index (χ1) is 7.60. The lowest BCUT2D eigenvalue weighted by Gasteiger charge is -2.13. The Morgan fingerprint density at radius 1 is 1.56 bits per heavy atom. The zero-order valence-corrected chi connectivity index (χ0v) is 10.1. The number of carbonyl (C=O) groups excluding carboxylic acids is 1. The van der Waals surface area contributed by atoms with Gasteiger partial charge in [0.2, 0.25) is 0 Å². The normalized spacial score (nSPS) is 12.5. The lowest BCUT2D eigenvalue weighted by atomic mass is 9.95. The molecule has 1 unspecified atom stereocenters. The van der Waals surface area contributed by atoms with Crippen molar-refractivity contribution in [2.24, 2.45) is 5.92 Å². The monoisotopic (exact) mass is 243 g/mol. The molecule has 0 spiro atoms. The van der Waals surface area contributed by atoms with Gasteiger partial charge in [0, 0.05) is 17.5 Å². The fourth-order valence-electron chi connectivity index (χ4n) is 1.58. The van der Waals surface area contributed by atoms with Gasteiger partial charge in [-0.25, -0.2) is 4.39 Å². The zero-order chi connectivity index (χ0) is 12.1. The fourth-order valence-corrected chi connectivity index (χ4v) is 1.75. The topological polar surface area (TPSA) is 29.1 Å². The average molecular weight is 244 g/mol. The van der Waals surface area contributed by atoms with E-state index in [2.05, 4.69) is 5.32 Å². The van der Waals surface area contributed by atoms with Gasteiger partial charge >= 0.3 is 0 Å². The lowest BCUT2D eigenvalue weighted by molar-refractivity contribution is 0.0912. The molecule has 0 aromatic heterocycles. The molecule has 1 N–H and O–H groups in total. The van der Waals surface area contributed by atoms with Crippen molar-refractivity contribution < 1.29 is 9.18 Å². The molecule has 4 heteroatoms. The van der Waals surface area contributed by atoms with Crippen molar-refractivity contribution in [2.45, 2.75) is 13.3 Å². The molecule has 0 bridgehead atoms. The molecule has 1 aromatic carbocycles. The highest BCUT2D eigenvalue weighted by atomic mass is 35.5. The van der Waals surface area contributed by atoms with E-state index < -0.39 is 5.82 Å². The van der Waals surface area contributed by atoms with Gasteiger partial charge in [-0.15, -0.1) is 0 Å². The predicted molar refractivity (Wildman–Crippen MR) is 63.4 cm³/mol. The molecule has 0 aliphatic carbocycles. The Kier molecular flexibility index (Phi) is 4.90. The van der Waals surface area contributed by atoms with E-state index in [-0.39, 0.29) is 17.3 Å². The quantitative estimate of drug-likeness (QED) is 0.806. The van der Waals surface area contributed by atoms with Crippen LogP contribution in [0.1, 0.15) is 23.7 Å². The average Bonchev–Trinajstić information content (AvgIpc) is 2.28. The van der Waals surface area contributed by atoms with E-state index in [0.717, 1.165) is 0 Å². The molecule has 0 heterocycles. The molecule has 0 aliphatic rings. The van der Waals surface area contributed by atoms with Crippen molar-refractivity contribution in [2.75, 3.05) is 13.6 Å². The van der Waals surface area contributed by atoms with Crippen LogP contribution in [0.4, 0.5) is 4.39 Å². The van der Waals surface area contributed by atoms with Gasteiger partial charge in [0.25, 0.3) is 0 Å². The summed E-state index contributed by atoms with van der Waals surface area (Å²) in [6.45, 7) is 2.45. The number of hydrogen-bond donors (Lipinski definition) is 1. The lowest BCUT2D eigenvalue weighted by Crippen LogP contribution is -2.26. The van der Waals surface area contributed by atoms with Gasteiger partial charge in [-0.05, 0) is 31.7 Å². The first-order valence-electron chi connectivity index (χ1n) is 5.24. The predicted octanol–water partition coefficient (Wildman–Crippen LogP) is 2.91. The number of benzene rings is 1. The van der Waals surface area contributed by atoms with Crippen LogP contribution in [-0.4, -0.2) is 19.4 Å². The van der Waals surface area contributed by atoms with Crippen molar-refractivity contribution in [1.82, 2.24) is 5.32 Å². The highest BCUT2D eigenvalue weighted by molar-refractivity contribution is 6.31. The summed E-state index contributed by atoms with van der Waals surface area (Å²) in [7, 11) is 1.77. The highest BCUT2D eigenvalue weighted by Gasteiger charge is 2.20. The second-order valence-corrected chi connectivity index (χ2v) is 4.09. The smallest absolute Gasteiger partial charge is 0.170 e. The van der Waals surface area contributed by atoms with E-state index in [1.54, 1.807) is 7.05 Å². The maximum Gasteiger partial charge on any atom is 0.170 e. The Morgan fingerprint density at radius 3 is 2.81 bits per heavy atom. The number of rotatable bonds is 5. The van der Waals surface area contributed by atoms with E-state index in [4.69, 9.17) is 11.6 Å². The molecular weight excluding hydrogens is 229 g/mol. The summed E-state index contributed by atoms with van der Waals surface area (Å²) in [5.41, 5.74) is 0.0783. The van der Waals surface area contributed by atoms with Crippen LogP contribution in [0.5, 0.6) is 0 Å². The van der Waals surface area contributed by atoms with Crippen LogP contribution < -0.4 is 5.32 Å². The Hall–Kier alpha value is -0.930. The number of ketones is 1. The second-order valence-electron chi connectivity index (χ2n) is 3.65. The molecule has 0 fully saturated rings. The molecule has 1 rings (SSSR count). The zero-order valence-electron chi connectivity index (χ0n) is 9.39. The van der Waals surface area contributed by atoms with E-state index in [1.807, 2.05) is 6.92 Å². The van der Waals surface area contributed by atoms with Gasteiger partial charge in [0.05, 0.1) is 5.56 Å². The van der Waals surface area contributed by atoms with Crippen LogP contribution in [-0.2, 0) is 0 Å². The minimum Gasteiger partial charge on any atom is -0.319 e. The highest BCUT2D eigenvalue weighted by Crippen LogP contribution is 2.19. The molecule has 16 heavy (non-hydrogen) atoms. The van der Waals surface area contributed by atoms with Gasteiger partial charge in [0.1, 0.15) is 5.82 Å². The van der Waals surface area contributed by atoms with Crippen molar-refractivity contribution in [3.63, 3.8) is 0 Å². The summed E-state index contributed by atoms with van der Waals surface area (Å²) in [6.07, 6.45) is 0.672. The first-order valence-corrected chi connectivity index (χ1v) is 5.61. The molecule has 0 saturated carbocycles. The van der Waals surface area contributed by atoms with Crippen LogP contribution in [0.2, 0.25) is 5.02 Å². The van der Waals surface area contributed by atoms with Gasteiger partial charge in [-0.1, -0.05) is 18.5 Å². The number of nitrogens with one attached hydrogen (secondary N) is 1. The van der Waals surface area contributed by atoms with Crippen molar-refractivity contribution in [1.29, 1.82) is 0 Å². The van der Waals surface area contributed by atoms with Crippen molar-refractivity contribution >= 4 is 17.4 Å². The third kappa shape index (κ3) is 3.03. The van der Waals surface area contributed by atoms with Crippen molar-refractivity contribution in [3.8, 4) is 0 Å². The Morgan fingerprint density at radius 2 is 2.25 bits per heavy atom. The van der Waals surface area contributed by atoms with Crippen LogP contribution >= 0.6 is 11.6 Å². The number of carbonyl (C=O) groups is 1. The Labute approximate surface area is 99.8 Å². The first kappa shape index (κ1) is 13.1. The number of Topliss-reactive ketones (excluding diaryl/α,β-unsaturated/α-hetero) is 1. The molecule has 0 saturated heterocycles. The second kappa shape index (κ2) is 5.97. The summed E-state index contributed by atoms with van der Waals surface area (Å²) in [6, 6.07) is 4.05. The van der Waals surface area contributed by atoms with Crippen LogP contribution in [0.15, 0.2) is 18.2 Å². The standard InChI is InChI=1S/C12H15ClFNO/c1-3-8(7-15-2)12(16)10-6-9(13)4-5-11(10)14/h4-6,8,15H,3,7H2,1-2H3. The van der Waals surface area contributed by atoms with Crippen molar-refractivity contribution in [3.05, 3.63) is 34.6 Å². The van der Waals surface area contributed by atoms with Gasteiger partial charge in [-0.2, -0.15) is 0 Å². The largest absolute Gasteiger partial charge is 0.319 e. The molecule has 1 atom stereocenters. The van der Waals surface area contributed by atoms with E-state index >= 15 is 0 Å². The minimum atomic E-state index is -0.510. The summed E-state index contributed by atoms with van der Waals surface area (Å²) < 4.78 is 13.5. The van der Waals surface area contributed by atoms with Crippen LogP contribution in [0.3, 0.4) is 0 Å². The molecule has 0 aliphatic heterocycles. The van der Waals surface area contributed by atoms with E-state index in [0.29, 0.717) is 18.0 Å². The van der Waals surface area contributed by atoms with E-state index in [1.165, 1.54) is 18.2 Å². The number of halogens is 2. The fraction of sp³-hybridized carbons (Fsp3) is 0.417. The summed E-state index contributed by atoms with van der Waals surface area (Å²) in [5, 5.41) is 3.31. The maximum absolute atomic E-state index is 13.5. The summed E-state index contributed by atoms with van der Waals surface area (Å²) >= 11 is 5.75. The molecular formula is C12H15ClFNO. The van der Waals surface area contributed by atoms with Crippen LogP contribution in [0.25, 0.3) is 0 Å². The van der Waals surface area contributed by atoms with Gasteiger partial charge < -0.3 is 5.32 Å². The third-order valence-electron chi connectivity index (χ3n) is 2.51. The van der Waals surface area contributed by atoms with Gasteiger partial charge in [0.15, 0.2) is 5.78 Å². The maximum atomic E-state index is 13.5.